The lowest BCUT2D eigenvalue weighted by molar-refractivity contribution is -0.0498. The average molecular weight is 513 g/mol. The summed E-state index contributed by atoms with van der Waals surface area (Å²) in [5.41, 5.74) is 5.96. The highest BCUT2D eigenvalue weighted by Crippen LogP contribution is 2.42. The zero-order valence-corrected chi connectivity index (χ0v) is 19.4. The number of alkyl halides is 2. The van der Waals surface area contributed by atoms with Gasteiger partial charge in [0, 0.05) is 22.7 Å². The Bertz CT molecular complexity index is 1270. The third-order valence-electron chi connectivity index (χ3n) is 5.59. The molecule has 0 saturated heterocycles. The molecule has 0 aliphatic rings. The van der Waals surface area contributed by atoms with Crippen molar-refractivity contribution in [2.75, 3.05) is 5.73 Å². The van der Waals surface area contributed by atoms with E-state index in [0.717, 1.165) is 0 Å². The standard InChI is InChI=1S/C24H24F4N2O4S/c1-13(31)21-20(29)11-10-18(22(21)26)23(35(30,32)33)19(12-14-2-6-16(25)7-3-14)15-4-8-17(9-5-15)34-24(27)28/h2-11,13,19,23-24,31H,12,29H2,1H3,(H2,30,32,33). The van der Waals surface area contributed by atoms with Crippen LogP contribution >= 0.6 is 0 Å². The van der Waals surface area contributed by atoms with Gasteiger partial charge < -0.3 is 15.6 Å². The van der Waals surface area contributed by atoms with Crippen molar-refractivity contribution in [2.45, 2.75) is 37.2 Å². The second-order valence-electron chi connectivity index (χ2n) is 8.04. The number of benzene rings is 3. The molecule has 3 unspecified atom stereocenters. The van der Waals surface area contributed by atoms with Crippen LogP contribution < -0.4 is 15.6 Å². The molecular formula is C24H24F4N2O4S. The van der Waals surface area contributed by atoms with Crippen molar-refractivity contribution in [3.63, 3.8) is 0 Å². The summed E-state index contributed by atoms with van der Waals surface area (Å²) >= 11 is 0. The van der Waals surface area contributed by atoms with Crippen molar-refractivity contribution in [3.8, 4) is 5.75 Å². The molecule has 11 heteroatoms. The Balaban J connectivity index is 2.20. The zero-order chi connectivity index (χ0) is 25.9. The van der Waals surface area contributed by atoms with E-state index < -0.39 is 45.5 Å². The van der Waals surface area contributed by atoms with Gasteiger partial charge in [-0.15, -0.1) is 0 Å². The van der Waals surface area contributed by atoms with Crippen LogP contribution in [0.1, 0.15) is 46.4 Å². The predicted octanol–water partition coefficient (Wildman–Crippen LogP) is 4.56. The molecule has 0 spiro atoms. The van der Waals surface area contributed by atoms with Crippen molar-refractivity contribution >= 4 is 15.7 Å². The van der Waals surface area contributed by atoms with Crippen LogP contribution in [0.3, 0.4) is 0 Å². The summed E-state index contributed by atoms with van der Waals surface area (Å²) in [6.07, 6.45) is -1.36. The summed E-state index contributed by atoms with van der Waals surface area (Å²) in [6.45, 7) is -1.78. The van der Waals surface area contributed by atoms with Gasteiger partial charge in [0.1, 0.15) is 22.6 Å². The van der Waals surface area contributed by atoms with Gasteiger partial charge in [0.05, 0.1) is 6.10 Å². The summed E-state index contributed by atoms with van der Waals surface area (Å²) in [5, 5.41) is 13.9. The highest BCUT2D eigenvalue weighted by Gasteiger charge is 2.37. The first-order chi connectivity index (χ1) is 16.4. The zero-order valence-electron chi connectivity index (χ0n) is 18.5. The van der Waals surface area contributed by atoms with Crippen molar-refractivity contribution in [1.82, 2.24) is 0 Å². The molecule has 0 fully saturated rings. The van der Waals surface area contributed by atoms with E-state index in [1.54, 1.807) is 0 Å². The number of halogens is 4. The number of nitrogens with two attached hydrogens (primary N) is 2. The lowest BCUT2D eigenvalue weighted by Gasteiger charge is -2.28. The Morgan fingerprint density at radius 1 is 0.971 bits per heavy atom. The highest BCUT2D eigenvalue weighted by molar-refractivity contribution is 7.89. The predicted molar refractivity (Wildman–Crippen MR) is 123 cm³/mol. The molecule has 0 amide bonds. The summed E-state index contributed by atoms with van der Waals surface area (Å²) in [7, 11) is -4.49. The molecule has 0 aromatic heterocycles. The minimum Gasteiger partial charge on any atom is -0.435 e. The summed E-state index contributed by atoms with van der Waals surface area (Å²) in [4.78, 5) is 0. The van der Waals surface area contributed by atoms with E-state index in [0.29, 0.717) is 11.1 Å². The number of sulfonamides is 1. The second kappa shape index (κ2) is 10.6. The number of aliphatic hydroxyl groups excluding tert-OH is 1. The van der Waals surface area contributed by atoms with Gasteiger partial charge in [0.15, 0.2) is 0 Å². The first-order valence-corrected chi connectivity index (χ1v) is 12.1. The maximum Gasteiger partial charge on any atom is 0.387 e. The van der Waals surface area contributed by atoms with Gasteiger partial charge in [0.2, 0.25) is 10.0 Å². The second-order valence-corrected chi connectivity index (χ2v) is 9.73. The minimum absolute atomic E-state index is 0.0236. The van der Waals surface area contributed by atoms with Crippen LogP contribution in [0.2, 0.25) is 0 Å². The van der Waals surface area contributed by atoms with E-state index >= 15 is 4.39 Å². The number of hydrogen-bond acceptors (Lipinski definition) is 5. The number of ether oxygens (including phenoxy) is 1. The van der Waals surface area contributed by atoms with E-state index in [4.69, 9.17) is 10.9 Å². The van der Waals surface area contributed by atoms with E-state index in [2.05, 4.69) is 4.74 Å². The summed E-state index contributed by atoms with van der Waals surface area (Å²) in [5.74, 6) is -2.73. The van der Waals surface area contributed by atoms with Gasteiger partial charge >= 0.3 is 6.61 Å². The van der Waals surface area contributed by atoms with Crippen LogP contribution in [-0.4, -0.2) is 20.1 Å². The number of anilines is 1. The number of hydrogen-bond donors (Lipinski definition) is 3. The Hall–Kier alpha value is -3.15. The maximum absolute atomic E-state index is 15.5. The van der Waals surface area contributed by atoms with E-state index in [1.807, 2.05) is 0 Å². The fraction of sp³-hybridized carbons (Fsp3) is 0.250. The van der Waals surface area contributed by atoms with Crippen LogP contribution in [0.15, 0.2) is 60.7 Å². The van der Waals surface area contributed by atoms with Crippen molar-refractivity contribution in [1.29, 1.82) is 0 Å². The van der Waals surface area contributed by atoms with Crippen LogP contribution in [0.5, 0.6) is 5.75 Å². The molecule has 0 aliphatic heterocycles. The summed E-state index contributed by atoms with van der Waals surface area (Å²) < 4.78 is 84.2. The molecule has 5 N–H and O–H groups in total. The summed E-state index contributed by atoms with van der Waals surface area (Å²) in [6, 6.07) is 12.9. The minimum atomic E-state index is -4.49. The Labute approximate surface area is 200 Å². The van der Waals surface area contributed by atoms with Gasteiger partial charge in [-0.1, -0.05) is 30.3 Å². The van der Waals surface area contributed by atoms with Crippen molar-refractivity contribution in [3.05, 3.63) is 94.6 Å². The van der Waals surface area contributed by atoms with Gasteiger partial charge in [-0.3, -0.25) is 0 Å². The average Bonchev–Trinajstić information content (AvgIpc) is 2.75. The third kappa shape index (κ3) is 6.30. The van der Waals surface area contributed by atoms with Gasteiger partial charge in [-0.25, -0.2) is 22.3 Å². The smallest absolute Gasteiger partial charge is 0.387 e. The molecule has 0 bridgehead atoms. The fourth-order valence-corrected chi connectivity index (χ4v) is 5.31. The number of primary sulfonamides is 1. The third-order valence-corrected chi connectivity index (χ3v) is 6.88. The first kappa shape index (κ1) is 26.5. The molecule has 0 heterocycles. The molecule has 188 valence electrons. The Morgan fingerprint density at radius 2 is 1.57 bits per heavy atom. The molecule has 35 heavy (non-hydrogen) atoms. The largest absolute Gasteiger partial charge is 0.435 e. The monoisotopic (exact) mass is 512 g/mol. The molecule has 6 nitrogen and oxygen atoms in total. The van der Waals surface area contributed by atoms with Crippen LogP contribution in [0, 0.1) is 11.6 Å². The van der Waals surface area contributed by atoms with Crippen LogP contribution in [0.4, 0.5) is 23.2 Å². The maximum atomic E-state index is 15.5. The first-order valence-electron chi connectivity index (χ1n) is 10.4. The number of nitrogen functional groups attached to an aromatic ring is 1. The van der Waals surface area contributed by atoms with E-state index in [1.165, 1.54) is 67.6 Å². The van der Waals surface area contributed by atoms with E-state index in [9.17, 15) is 26.7 Å². The van der Waals surface area contributed by atoms with E-state index in [-0.39, 0.29) is 29.0 Å². The van der Waals surface area contributed by atoms with Crippen molar-refractivity contribution < 1.29 is 35.8 Å². The van der Waals surface area contributed by atoms with Gasteiger partial charge in [-0.05, 0) is 54.8 Å². The molecule has 0 aliphatic carbocycles. The lowest BCUT2D eigenvalue weighted by Crippen LogP contribution is -2.29. The van der Waals surface area contributed by atoms with Gasteiger partial charge in [-0.2, -0.15) is 8.78 Å². The lowest BCUT2D eigenvalue weighted by atomic mass is 9.85. The van der Waals surface area contributed by atoms with Gasteiger partial charge in [0.25, 0.3) is 0 Å². The SMILES string of the molecule is CC(O)c1c(N)ccc(C(C(Cc2ccc(F)cc2)c2ccc(OC(F)F)cc2)S(N)(=O)=O)c1F. The Kier molecular flexibility index (Phi) is 8.04. The Morgan fingerprint density at radius 3 is 2.09 bits per heavy atom. The number of rotatable bonds is 9. The quantitative estimate of drug-likeness (QED) is 0.287. The molecule has 3 atom stereocenters. The molecule has 0 radical (unpaired) electrons. The molecule has 3 rings (SSSR count). The normalized spacial score (nSPS) is 14.5. The van der Waals surface area contributed by atoms with Crippen LogP contribution in [0.25, 0.3) is 0 Å². The highest BCUT2D eigenvalue weighted by atomic mass is 32.2. The fourth-order valence-electron chi connectivity index (χ4n) is 4.06. The molecular weight excluding hydrogens is 488 g/mol. The van der Waals surface area contributed by atoms with Crippen molar-refractivity contribution in [2.24, 2.45) is 5.14 Å². The molecule has 3 aromatic carbocycles. The molecule has 3 aromatic rings. The molecule has 0 saturated carbocycles. The van der Waals surface area contributed by atoms with Crippen LogP contribution in [-0.2, 0) is 16.4 Å². The topological polar surface area (TPSA) is 116 Å². The number of aliphatic hydroxyl groups is 1.